The van der Waals surface area contributed by atoms with Crippen LogP contribution in [0.25, 0.3) is 0 Å². The predicted octanol–water partition coefficient (Wildman–Crippen LogP) is 5.05. The van der Waals surface area contributed by atoms with Crippen LogP contribution in [0.2, 0.25) is 12.6 Å². The number of unbranched alkanes of at least 4 members (excludes halogenated alkanes) is 6. The molecule has 0 amide bonds. The van der Waals surface area contributed by atoms with Crippen LogP contribution >= 0.6 is 0 Å². The average molecular weight is 273 g/mol. The second kappa shape index (κ2) is 11.9. The number of hydrogen-bond donors (Lipinski definition) is 0. The number of rotatable bonds is 13. The van der Waals surface area contributed by atoms with E-state index in [1.54, 1.807) is 0 Å². The van der Waals surface area contributed by atoms with Crippen molar-refractivity contribution in [2.75, 3.05) is 13.2 Å². The summed E-state index contributed by atoms with van der Waals surface area (Å²) in [5.41, 5.74) is 0. The maximum Gasteiger partial charge on any atom is 0.334 e. The van der Waals surface area contributed by atoms with Crippen molar-refractivity contribution in [3.63, 3.8) is 0 Å². The number of allylic oxidation sites excluding steroid dienone is 1. The molecule has 0 N–H and O–H groups in total. The fraction of sp³-hybridized carbons (Fsp3) is 0.867. The van der Waals surface area contributed by atoms with Gasteiger partial charge in [-0.3, -0.25) is 0 Å². The van der Waals surface area contributed by atoms with Crippen LogP contribution in [0.3, 0.4) is 0 Å². The molecule has 0 aromatic heterocycles. The van der Waals surface area contributed by atoms with E-state index < -0.39 is 8.56 Å². The van der Waals surface area contributed by atoms with Gasteiger partial charge >= 0.3 is 8.56 Å². The molecule has 0 aromatic rings. The molecule has 0 aromatic carbocycles. The Labute approximate surface area is 115 Å². The largest absolute Gasteiger partial charge is 0.395 e. The van der Waals surface area contributed by atoms with Crippen molar-refractivity contribution in [3.8, 4) is 0 Å². The van der Waals surface area contributed by atoms with Crippen molar-refractivity contribution in [2.45, 2.75) is 71.4 Å². The minimum absolute atomic E-state index is 0.782. The van der Waals surface area contributed by atoms with Gasteiger partial charge in [0.1, 0.15) is 0 Å². The summed E-state index contributed by atoms with van der Waals surface area (Å²) in [7, 11) is -1.84. The molecule has 0 radical (unpaired) electrons. The van der Waals surface area contributed by atoms with E-state index in [0.717, 1.165) is 19.3 Å². The molecular weight excluding hydrogens is 240 g/mol. The van der Waals surface area contributed by atoms with Gasteiger partial charge in [-0.15, -0.1) is 6.58 Å². The van der Waals surface area contributed by atoms with Crippen LogP contribution in [0.1, 0.15) is 58.8 Å². The van der Waals surface area contributed by atoms with Crippen molar-refractivity contribution >= 4 is 8.56 Å². The van der Waals surface area contributed by atoms with Crippen molar-refractivity contribution in [1.29, 1.82) is 0 Å². The Hall–Kier alpha value is -0.123. The standard InChI is InChI=1S/C15H32O2Si/c1-5-8-9-10-11-12-13-14-15-18(4,16-6-2)17-7-3/h5H,1,6-15H2,2-4H3. The topological polar surface area (TPSA) is 18.5 Å². The molecule has 0 unspecified atom stereocenters. The van der Waals surface area contributed by atoms with E-state index in [2.05, 4.69) is 27.0 Å². The van der Waals surface area contributed by atoms with Gasteiger partial charge in [0.05, 0.1) is 0 Å². The third-order valence-corrected chi connectivity index (χ3v) is 6.25. The molecule has 18 heavy (non-hydrogen) atoms. The first-order chi connectivity index (χ1) is 8.68. The van der Waals surface area contributed by atoms with Gasteiger partial charge in [0.25, 0.3) is 0 Å². The van der Waals surface area contributed by atoms with E-state index in [1.807, 2.05) is 6.08 Å². The molecule has 0 atom stereocenters. The van der Waals surface area contributed by atoms with Gasteiger partial charge in [-0.2, -0.15) is 0 Å². The van der Waals surface area contributed by atoms with Crippen LogP contribution in [0.4, 0.5) is 0 Å². The molecule has 0 aliphatic heterocycles. The van der Waals surface area contributed by atoms with Crippen LogP contribution in [0, 0.1) is 0 Å². The molecule has 0 spiro atoms. The zero-order valence-electron chi connectivity index (χ0n) is 12.7. The summed E-state index contributed by atoms with van der Waals surface area (Å²) in [6.07, 6.45) is 11.1. The van der Waals surface area contributed by atoms with Crippen molar-refractivity contribution in [3.05, 3.63) is 12.7 Å². The first kappa shape index (κ1) is 17.9. The van der Waals surface area contributed by atoms with Gasteiger partial charge in [-0.05, 0) is 39.3 Å². The summed E-state index contributed by atoms with van der Waals surface area (Å²) < 4.78 is 11.7. The van der Waals surface area contributed by atoms with E-state index in [1.165, 1.54) is 44.9 Å². The monoisotopic (exact) mass is 272 g/mol. The zero-order valence-corrected chi connectivity index (χ0v) is 13.7. The first-order valence-electron chi connectivity index (χ1n) is 7.57. The van der Waals surface area contributed by atoms with Gasteiger partial charge < -0.3 is 8.85 Å². The number of hydrogen-bond acceptors (Lipinski definition) is 2. The normalized spacial score (nSPS) is 11.7. The van der Waals surface area contributed by atoms with E-state index in [4.69, 9.17) is 8.85 Å². The van der Waals surface area contributed by atoms with Gasteiger partial charge in [0, 0.05) is 13.2 Å². The highest BCUT2D eigenvalue weighted by Gasteiger charge is 2.29. The SMILES string of the molecule is C=CCCCCCCCC[Si](C)(OCC)OCC. The minimum Gasteiger partial charge on any atom is -0.395 e. The Morgan fingerprint density at radius 3 is 1.89 bits per heavy atom. The summed E-state index contributed by atoms with van der Waals surface area (Å²) in [6, 6.07) is 1.14. The molecular formula is C15H32O2Si. The smallest absolute Gasteiger partial charge is 0.334 e. The second-order valence-corrected chi connectivity index (χ2v) is 8.29. The Kier molecular flexibility index (Phi) is 11.9. The minimum atomic E-state index is -1.84. The second-order valence-electron chi connectivity index (χ2n) is 4.95. The quantitative estimate of drug-likeness (QED) is 0.265. The summed E-state index contributed by atoms with van der Waals surface area (Å²) in [4.78, 5) is 0. The molecule has 0 aliphatic carbocycles. The molecule has 0 bridgehead atoms. The van der Waals surface area contributed by atoms with Crippen LogP contribution < -0.4 is 0 Å². The molecule has 2 nitrogen and oxygen atoms in total. The van der Waals surface area contributed by atoms with Crippen LogP contribution in [0.5, 0.6) is 0 Å². The molecule has 0 fully saturated rings. The van der Waals surface area contributed by atoms with Gasteiger partial charge in [0.15, 0.2) is 0 Å². The Balaban J connectivity index is 3.51. The average Bonchev–Trinajstić information content (AvgIpc) is 2.33. The maximum absolute atomic E-state index is 5.84. The summed E-state index contributed by atoms with van der Waals surface area (Å²) in [5, 5.41) is 0. The zero-order chi connectivity index (χ0) is 13.7. The van der Waals surface area contributed by atoms with E-state index in [0.29, 0.717) is 0 Å². The fourth-order valence-electron chi connectivity index (χ4n) is 2.24. The summed E-state index contributed by atoms with van der Waals surface area (Å²) in [5.74, 6) is 0. The molecule has 0 rings (SSSR count). The van der Waals surface area contributed by atoms with Crippen LogP contribution in [0.15, 0.2) is 12.7 Å². The predicted molar refractivity (Wildman–Crippen MR) is 82.2 cm³/mol. The molecule has 0 heterocycles. The fourth-order valence-corrected chi connectivity index (χ4v) is 4.72. The first-order valence-corrected chi connectivity index (χ1v) is 10.1. The van der Waals surface area contributed by atoms with Gasteiger partial charge in [-0.25, -0.2) is 0 Å². The third-order valence-electron chi connectivity index (χ3n) is 3.19. The van der Waals surface area contributed by atoms with Gasteiger partial charge in [0.2, 0.25) is 0 Å². The van der Waals surface area contributed by atoms with E-state index >= 15 is 0 Å². The highest BCUT2D eigenvalue weighted by atomic mass is 28.4. The Bertz CT molecular complexity index is 189. The highest BCUT2D eigenvalue weighted by molar-refractivity contribution is 6.66. The lowest BCUT2D eigenvalue weighted by Gasteiger charge is -2.25. The van der Waals surface area contributed by atoms with Crippen molar-refractivity contribution in [2.24, 2.45) is 0 Å². The molecule has 108 valence electrons. The molecule has 0 saturated carbocycles. The van der Waals surface area contributed by atoms with Crippen LogP contribution in [-0.4, -0.2) is 21.8 Å². The Morgan fingerprint density at radius 1 is 0.889 bits per heavy atom. The van der Waals surface area contributed by atoms with E-state index in [-0.39, 0.29) is 0 Å². The lowest BCUT2D eigenvalue weighted by molar-refractivity contribution is 0.188. The highest BCUT2D eigenvalue weighted by Crippen LogP contribution is 2.19. The van der Waals surface area contributed by atoms with Crippen LogP contribution in [-0.2, 0) is 8.85 Å². The lowest BCUT2D eigenvalue weighted by Crippen LogP contribution is -2.38. The maximum atomic E-state index is 5.84. The lowest BCUT2D eigenvalue weighted by atomic mass is 10.1. The van der Waals surface area contributed by atoms with Crippen molar-refractivity contribution < 1.29 is 8.85 Å². The third kappa shape index (κ3) is 9.86. The Morgan fingerprint density at radius 2 is 1.39 bits per heavy atom. The summed E-state index contributed by atoms with van der Waals surface area (Å²) >= 11 is 0. The molecule has 0 saturated heterocycles. The van der Waals surface area contributed by atoms with Gasteiger partial charge in [-0.1, -0.05) is 38.2 Å². The summed E-state index contributed by atoms with van der Waals surface area (Å²) in [6.45, 7) is 11.6. The molecule has 0 aliphatic rings. The molecule has 3 heteroatoms. The van der Waals surface area contributed by atoms with Crippen molar-refractivity contribution in [1.82, 2.24) is 0 Å². The van der Waals surface area contributed by atoms with E-state index in [9.17, 15) is 0 Å².